The molecule has 1 aliphatic rings. The summed E-state index contributed by atoms with van der Waals surface area (Å²) in [4.78, 5) is 40.2. The van der Waals surface area contributed by atoms with E-state index in [-0.39, 0.29) is 5.78 Å². The zero-order chi connectivity index (χ0) is 22.9. The number of carbonyl (C=O) groups is 3. The molecule has 32 heavy (non-hydrogen) atoms. The highest BCUT2D eigenvalue weighted by molar-refractivity contribution is 6.29. The number of carbonyl (C=O) groups excluding carboxylic acids is 3. The molecule has 1 atom stereocenters. The number of anilines is 2. The van der Waals surface area contributed by atoms with Crippen LogP contribution in [0.25, 0.3) is 0 Å². The molecule has 1 N–H and O–H groups in total. The maximum atomic E-state index is 13.2. The van der Waals surface area contributed by atoms with E-state index in [0.717, 1.165) is 24.2 Å². The number of urea groups is 1. The Morgan fingerprint density at radius 1 is 0.938 bits per heavy atom. The van der Waals surface area contributed by atoms with Crippen molar-refractivity contribution < 1.29 is 19.1 Å². The van der Waals surface area contributed by atoms with E-state index in [0.29, 0.717) is 29.1 Å². The molecule has 2 aromatic carbocycles. The van der Waals surface area contributed by atoms with Gasteiger partial charge in [0.05, 0.1) is 12.8 Å². The van der Waals surface area contributed by atoms with Crippen molar-refractivity contribution in [3.8, 4) is 5.75 Å². The highest BCUT2D eigenvalue weighted by atomic mass is 16.5. The molecule has 0 aliphatic carbocycles. The Morgan fingerprint density at radius 2 is 1.59 bits per heavy atom. The van der Waals surface area contributed by atoms with Gasteiger partial charge in [-0.3, -0.25) is 9.59 Å². The van der Waals surface area contributed by atoms with Gasteiger partial charge in [-0.25, -0.2) is 9.69 Å². The Morgan fingerprint density at radius 3 is 2.28 bits per heavy atom. The quantitative estimate of drug-likeness (QED) is 0.343. The first-order chi connectivity index (χ1) is 15.6. The standard InChI is InChI=1S/C26H32N2O4/c1-3-4-5-6-7-8-9-14-23(29)24-21-12-10-11-13-22(21)28(25(24)30)26(31)27-19-15-17-20(32-2)18-16-19/h10-13,15-18,24H,3-9,14H2,1-2H3,(H,27,31). The number of amides is 3. The van der Waals surface area contributed by atoms with Crippen LogP contribution in [0.5, 0.6) is 5.75 Å². The Bertz CT molecular complexity index is 939. The second-order valence-electron chi connectivity index (χ2n) is 8.16. The summed E-state index contributed by atoms with van der Waals surface area (Å²) in [6, 6.07) is 13.3. The molecule has 0 aromatic heterocycles. The Kier molecular flexibility index (Phi) is 8.42. The van der Waals surface area contributed by atoms with Gasteiger partial charge in [0.1, 0.15) is 17.5 Å². The van der Waals surface area contributed by atoms with E-state index < -0.39 is 17.9 Å². The van der Waals surface area contributed by atoms with Gasteiger partial charge in [-0.15, -0.1) is 0 Å². The fourth-order valence-electron chi connectivity index (χ4n) is 4.09. The molecule has 1 aliphatic heterocycles. The van der Waals surface area contributed by atoms with E-state index in [9.17, 15) is 14.4 Å². The summed E-state index contributed by atoms with van der Waals surface area (Å²) >= 11 is 0. The Balaban J connectivity index is 1.64. The Hall–Kier alpha value is -3.15. The largest absolute Gasteiger partial charge is 0.497 e. The Labute approximate surface area is 189 Å². The molecule has 2 aromatic rings. The van der Waals surface area contributed by atoms with Crippen molar-refractivity contribution in [3.63, 3.8) is 0 Å². The van der Waals surface area contributed by atoms with Gasteiger partial charge in [-0.05, 0) is 42.3 Å². The minimum Gasteiger partial charge on any atom is -0.497 e. The minimum atomic E-state index is -0.909. The summed E-state index contributed by atoms with van der Waals surface area (Å²) in [5, 5.41) is 2.74. The van der Waals surface area contributed by atoms with Gasteiger partial charge >= 0.3 is 6.03 Å². The summed E-state index contributed by atoms with van der Waals surface area (Å²) in [5.41, 5.74) is 1.62. The van der Waals surface area contributed by atoms with E-state index in [4.69, 9.17) is 4.74 Å². The molecule has 6 heteroatoms. The molecule has 0 bridgehead atoms. The molecule has 0 saturated carbocycles. The maximum Gasteiger partial charge on any atom is 0.333 e. The van der Waals surface area contributed by atoms with Gasteiger partial charge in [0.25, 0.3) is 0 Å². The number of methoxy groups -OCH3 is 1. The fourth-order valence-corrected chi connectivity index (χ4v) is 4.09. The first-order valence-electron chi connectivity index (χ1n) is 11.5. The van der Waals surface area contributed by atoms with E-state index in [1.54, 1.807) is 55.6 Å². The number of imide groups is 1. The van der Waals surface area contributed by atoms with Crippen LogP contribution in [0.2, 0.25) is 0 Å². The molecule has 6 nitrogen and oxygen atoms in total. The summed E-state index contributed by atoms with van der Waals surface area (Å²) in [6.45, 7) is 2.19. The van der Waals surface area contributed by atoms with Gasteiger partial charge < -0.3 is 10.1 Å². The van der Waals surface area contributed by atoms with Gasteiger partial charge in [0.2, 0.25) is 5.91 Å². The zero-order valence-corrected chi connectivity index (χ0v) is 18.9. The van der Waals surface area contributed by atoms with Crippen LogP contribution in [-0.2, 0) is 9.59 Å². The second kappa shape index (κ2) is 11.5. The van der Waals surface area contributed by atoms with Gasteiger partial charge in [-0.2, -0.15) is 0 Å². The average molecular weight is 437 g/mol. The third-order valence-corrected chi connectivity index (χ3v) is 5.85. The number of fused-ring (bicyclic) bond motifs is 1. The van der Waals surface area contributed by atoms with Crippen LogP contribution < -0.4 is 15.0 Å². The third kappa shape index (κ3) is 5.55. The number of ether oxygens (including phenoxy) is 1. The third-order valence-electron chi connectivity index (χ3n) is 5.85. The molecular formula is C26H32N2O4. The lowest BCUT2D eigenvalue weighted by atomic mass is 9.93. The molecule has 3 amide bonds. The van der Waals surface area contributed by atoms with Crippen LogP contribution in [0.4, 0.5) is 16.2 Å². The van der Waals surface area contributed by atoms with Crippen molar-refractivity contribution >= 4 is 29.1 Å². The van der Waals surface area contributed by atoms with Crippen molar-refractivity contribution in [1.29, 1.82) is 0 Å². The molecule has 1 unspecified atom stereocenters. The van der Waals surface area contributed by atoms with Crippen LogP contribution in [0.1, 0.15) is 69.8 Å². The molecule has 0 spiro atoms. The number of rotatable bonds is 11. The number of ketones is 1. The van der Waals surface area contributed by atoms with Crippen molar-refractivity contribution in [2.24, 2.45) is 0 Å². The topological polar surface area (TPSA) is 75.7 Å². The van der Waals surface area contributed by atoms with Crippen molar-refractivity contribution in [3.05, 3.63) is 54.1 Å². The van der Waals surface area contributed by atoms with E-state index >= 15 is 0 Å². The maximum absolute atomic E-state index is 13.2. The highest BCUT2D eigenvalue weighted by Crippen LogP contribution is 2.39. The van der Waals surface area contributed by atoms with Gasteiger partial charge in [0, 0.05) is 12.1 Å². The molecule has 0 fully saturated rings. The van der Waals surface area contributed by atoms with Crippen LogP contribution in [0.3, 0.4) is 0 Å². The molecule has 0 saturated heterocycles. The van der Waals surface area contributed by atoms with Crippen LogP contribution in [0, 0.1) is 0 Å². The van der Waals surface area contributed by atoms with Crippen LogP contribution in [0.15, 0.2) is 48.5 Å². The van der Waals surface area contributed by atoms with Crippen LogP contribution >= 0.6 is 0 Å². The van der Waals surface area contributed by atoms with Crippen LogP contribution in [-0.4, -0.2) is 24.8 Å². The number of nitrogens with one attached hydrogen (secondary N) is 1. The lowest BCUT2D eigenvalue weighted by Crippen LogP contribution is -2.39. The second-order valence-corrected chi connectivity index (χ2v) is 8.16. The molecule has 3 rings (SSSR count). The summed E-state index contributed by atoms with van der Waals surface area (Å²) in [7, 11) is 1.57. The molecule has 170 valence electrons. The summed E-state index contributed by atoms with van der Waals surface area (Å²) in [5.74, 6) is -0.838. The fraction of sp³-hybridized carbons (Fsp3) is 0.423. The first kappa shape index (κ1) is 23.5. The van der Waals surface area contributed by atoms with Crippen molar-refractivity contribution in [2.75, 3.05) is 17.3 Å². The van der Waals surface area contributed by atoms with Crippen molar-refractivity contribution in [2.45, 2.75) is 64.2 Å². The average Bonchev–Trinajstić information content (AvgIpc) is 3.10. The number of hydrogen-bond donors (Lipinski definition) is 1. The van der Waals surface area contributed by atoms with E-state index in [1.807, 2.05) is 0 Å². The smallest absolute Gasteiger partial charge is 0.333 e. The van der Waals surface area contributed by atoms with E-state index in [2.05, 4.69) is 12.2 Å². The van der Waals surface area contributed by atoms with E-state index in [1.165, 1.54) is 25.7 Å². The number of benzene rings is 2. The summed E-state index contributed by atoms with van der Waals surface area (Å²) < 4.78 is 5.13. The number of para-hydroxylation sites is 1. The predicted molar refractivity (Wildman–Crippen MR) is 126 cm³/mol. The van der Waals surface area contributed by atoms with Crippen molar-refractivity contribution in [1.82, 2.24) is 0 Å². The predicted octanol–water partition coefficient (Wildman–Crippen LogP) is 6.07. The number of Topliss-reactive ketones (excluding diaryl/α,β-unsaturated/α-hetero) is 1. The number of hydrogen-bond acceptors (Lipinski definition) is 4. The number of unbranched alkanes of at least 4 members (excludes halogenated alkanes) is 6. The molecule has 1 heterocycles. The SMILES string of the molecule is CCCCCCCCCC(=O)C1C(=O)N(C(=O)Nc2ccc(OC)cc2)c2ccccc21. The number of nitrogens with zero attached hydrogens (tertiary/aromatic N) is 1. The summed E-state index contributed by atoms with van der Waals surface area (Å²) in [6.07, 6.45) is 8.11. The molecular weight excluding hydrogens is 404 g/mol. The first-order valence-corrected chi connectivity index (χ1v) is 11.5. The highest BCUT2D eigenvalue weighted by Gasteiger charge is 2.44. The normalized spacial score (nSPS) is 14.9. The lowest BCUT2D eigenvalue weighted by molar-refractivity contribution is -0.128. The zero-order valence-electron chi connectivity index (χ0n) is 18.9. The van der Waals surface area contributed by atoms with Gasteiger partial charge in [0.15, 0.2) is 0 Å². The lowest BCUT2D eigenvalue weighted by Gasteiger charge is -2.17. The molecule has 0 radical (unpaired) electrons. The monoisotopic (exact) mass is 436 g/mol. The van der Waals surface area contributed by atoms with Gasteiger partial charge in [-0.1, -0.05) is 63.6 Å². The minimum absolute atomic E-state index is 0.115.